The second kappa shape index (κ2) is 6.64. The van der Waals surface area contributed by atoms with Gasteiger partial charge in [-0.05, 0) is 50.3 Å². The quantitative estimate of drug-likeness (QED) is 0.820. The monoisotopic (exact) mass is 292 g/mol. The van der Waals surface area contributed by atoms with E-state index in [-0.39, 0.29) is 17.4 Å². The van der Waals surface area contributed by atoms with E-state index >= 15 is 0 Å². The number of rotatable bonds is 5. The highest BCUT2D eigenvalue weighted by Crippen LogP contribution is 2.30. The number of hydrogen-bond acceptors (Lipinski definition) is 3. The number of amides is 1. The van der Waals surface area contributed by atoms with Crippen molar-refractivity contribution in [3.8, 4) is 0 Å². The van der Waals surface area contributed by atoms with Crippen molar-refractivity contribution in [3.63, 3.8) is 0 Å². The van der Waals surface area contributed by atoms with Crippen LogP contribution < -0.4 is 10.6 Å². The van der Waals surface area contributed by atoms with Crippen molar-refractivity contribution in [2.45, 2.75) is 37.6 Å². The average molecular weight is 292 g/mol. The summed E-state index contributed by atoms with van der Waals surface area (Å²) >= 11 is 1.73. The molecule has 0 bridgehead atoms. The second-order valence-electron chi connectivity index (χ2n) is 5.53. The largest absolute Gasteiger partial charge is 0.349 e. The summed E-state index contributed by atoms with van der Waals surface area (Å²) in [5, 5.41) is 6.49. The Morgan fingerprint density at radius 1 is 1.45 bits per heavy atom. The Bertz CT molecular complexity index is 452. The van der Waals surface area contributed by atoms with Crippen LogP contribution in [-0.2, 0) is 4.79 Å². The molecule has 0 spiro atoms. The molecule has 0 saturated carbocycles. The number of carbonyl (C=O) groups is 1. The van der Waals surface area contributed by atoms with Crippen molar-refractivity contribution >= 4 is 17.7 Å². The van der Waals surface area contributed by atoms with E-state index in [9.17, 15) is 4.79 Å². The fourth-order valence-corrected chi connectivity index (χ4v) is 3.13. The van der Waals surface area contributed by atoms with Gasteiger partial charge in [-0.25, -0.2) is 0 Å². The normalized spacial score (nSPS) is 23.6. The molecule has 1 aliphatic rings. The molecule has 1 aromatic carbocycles. The van der Waals surface area contributed by atoms with E-state index in [0.29, 0.717) is 0 Å². The van der Waals surface area contributed by atoms with Gasteiger partial charge in [0.2, 0.25) is 5.91 Å². The highest BCUT2D eigenvalue weighted by molar-refractivity contribution is 7.98. The molecule has 0 aliphatic carbocycles. The molecule has 0 radical (unpaired) electrons. The van der Waals surface area contributed by atoms with E-state index in [0.717, 1.165) is 31.5 Å². The van der Waals surface area contributed by atoms with Gasteiger partial charge in [-0.2, -0.15) is 0 Å². The van der Waals surface area contributed by atoms with Crippen LogP contribution in [0.2, 0.25) is 0 Å². The Kier molecular flexibility index (Phi) is 5.11. The minimum absolute atomic E-state index is 0.0578. The van der Waals surface area contributed by atoms with Gasteiger partial charge in [0.1, 0.15) is 0 Å². The van der Waals surface area contributed by atoms with Crippen molar-refractivity contribution in [2.75, 3.05) is 19.3 Å². The molecule has 1 fully saturated rings. The Hall–Kier alpha value is -1.00. The van der Waals surface area contributed by atoms with Crippen LogP contribution in [0.4, 0.5) is 0 Å². The zero-order valence-corrected chi connectivity index (χ0v) is 13.3. The maximum atomic E-state index is 12.5. The molecule has 1 heterocycles. The summed E-state index contributed by atoms with van der Waals surface area (Å²) in [6.07, 6.45) is 3.90. The van der Waals surface area contributed by atoms with Gasteiger partial charge in [-0.1, -0.05) is 19.1 Å². The summed E-state index contributed by atoms with van der Waals surface area (Å²) in [6, 6.07) is 8.47. The van der Waals surface area contributed by atoms with Gasteiger partial charge in [0.25, 0.3) is 0 Å². The lowest BCUT2D eigenvalue weighted by atomic mass is 9.83. The van der Waals surface area contributed by atoms with E-state index in [1.54, 1.807) is 11.8 Å². The Balaban J connectivity index is 2.02. The molecule has 2 rings (SSSR count). The predicted molar refractivity (Wildman–Crippen MR) is 85.0 cm³/mol. The zero-order chi connectivity index (χ0) is 14.6. The molecular formula is C16H24N2OS. The number of hydrogen-bond donors (Lipinski definition) is 2. The van der Waals surface area contributed by atoms with E-state index < -0.39 is 0 Å². The van der Waals surface area contributed by atoms with E-state index in [1.807, 2.05) is 0 Å². The van der Waals surface area contributed by atoms with Crippen molar-refractivity contribution < 1.29 is 4.79 Å². The molecule has 110 valence electrons. The summed E-state index contributed by atoms with van der Waals surface area (Å²) in [6.45, 7) is 5.90. The standard InChI is InChI=1S/C16H24N2OS/c1-4-16(9-10-17-11-16)15(19)18-12(2)13-5-7-14(20-3)8-6-13/h5-8,12,17H,4,9-11H2,1-3H3,(H,18,19). The van der Waals surface area contributed by atoms with Gasteiger partial charge in [-0.3, -0.25) is 4.79 Å². The molecule has 1 aliphatic heterocycles. The number of carbonyl (C=O) groups excluding carboxylic acids is 1. The van der Waals surface area contributed by atoms with E-state index in [2.05, 4.69) is 55.0 Å². The lowest BCUT2D eigenvalue weighted by Crippen LogP contribution is -2.43. The Labute approximate surface area is 125 Å². The molecule has 2 atom stereocenters. The molecule has 3 nitrogen and oxygen atoms in total. The van der Waals surface area contributed by atoms with E-state index in [1.165, 1.54) is 4.90 Å². The Morgan fingerprint density at radius 3 is 2.65 bits per heavy atom. The summed E-state index contributed by atoms with van der Waals surface area (Å²) in [7, 11) is 0. The number of nitrogens with one attached hydrogen (secondary N) is 2. The SMILES string of the molecule is CCC1(C(=O)NC(C)c2ccc(SC)cc2)CCNC1. The first-order valence-corrected chi connectivity index (χ1v) is 8.49. The van der Waals surface area contributed by atoms with Crippen molar-refractivity contribution in [2.24, 2.45) is 5.41 Å². The van der Waals surface area contributed by atoms with Crippen molar-refractivity contribution in [1.29, 1.82) is 0 Å². The smallest absolute Gasteiger partial charge is 0.228 e. The van der Waals surface area contributed by atoms with Crippen LogP contribution in [0, 0.1) is 5.41 Å². The molecule has 2 N–H and O–H groups in total. The molecule has 1 saturated heterocycles. The van der Waals surface area contributed by atoms with Crippen LogP contribution in [0.25, 0.3) is 0 Å². The van der Waals surface area contributed by atoms with Crippen LogP contribution in [0.5, 0.6) is 0 Å². The molecule has 0 aromatic heterocycles. The summed E-state index contributed by atoms with van der Waals surface area (Å²) in [5.74, 6) is 0.187. The van der Waals surface area contributed by atoms with Crippen LogP contribution in [0.1, 0.15) is 38.3 Å². The highest BCUT2D eigenvalue weighted by Gasteiger charge is 2.39. The summed E-state index contributed by atoms with van der Waals surface area (Å²) in [4.78, 5) is 13.8. The molecule has 20 heavy (non-hydrogen) atoms. The third kappa shape index (κ3) is 3.18. The molecule has 4 heteroatoms. The lowest BCUT2D eigenvalue weighted by molar-refractivity contribution is -0.131. The zero-order valence-electron chi connectivity index (χ0n) is 12.5. The first-order valence-electron chi connectivity index (χ1n) is 7.27. The maximum Gasteiger partial charge on any atom is 0.228 e. The van der Waals surface area contributed by atoms with Crippen LogP contribution in [0.15, 0.2) is 29.2 Å². The van der Waals surface area contributed by atoms with Gasteiger partial charge in [0.15, 0.2) is 0 Å². The molecule has 1 amide bonds. The minimum atomic E-state index is -0.215. The van der Waals surface area contributed by atoms with Gasteiger partial charge >= 0.3 is 0 Å². The van der Waals surface area contributed by atoms with Crippen LogP contribution in [0.3, 0.4) is 0 Å². The highest BCUT2D eigenvalue weighted by atomic mass is 32.2. The van der Waals surface area contributed by atoms with Crippen molar-refractivity contribution in [1.82, 2.24) is 10.6 Å². The molecular weight excluding hydrogens is 268 g/mol. The lowest BCUT2D eigenvalue weighted by Gasteiger charge is -2.27. The number of thioether (sulfide) groups is 1. The fraction of sp³-hybridized carbons (Fsp3) is 0.562. The summed E-state index contributed by atoms with van der Waals surface area (Å²) < 4.78 is 0. The van der Waals surface area contributed by atoms with Crippen molar-refractivity contribution in [3.05, 3.63) is 29.8 Å². The number of benzene rings is 1. The molecule has 1 aromatic rings. The first-order chi connectivity index (χ1) is 9.61. The average Bonchev–Trinajstić information content (AvgIpc) is 2.97. The Morgan fingerprint density at radius 2 is 2.15 bits per heavy atom. The van der Waals surface area contributed by atoms with Gasteiger partial charge in [0.05, 0.1) is 11.5 Å². The van der Waals surface area contributed by atoms with E-state index in [4.69, 9.17) is 0 Å². The van der Waals surface area contributed by atoms with Gasteiger partial charge < -0.3 is 10.6 Å². The topological polar surface area (TPSA) is 41.1 Å². The minimum Gasteiger partial charge on any atom is -0.349 e. The maximum absolute atomic E-state index is 12.5. The molecule has 2 unspecified atom stereocenters. The fourth-order valence-electron chi connectivity index (χ4n) is 2.73. The van der Waals surface area contributed by atoms with Gasteiger partial charge in [0, 0.05) is 11.4 Å². The predicted octanol–water partition coefficient (Wildman–Crippen LogP) is 2.98. The third-order valence-electron chi connectivity index (χ3n) is 4.37. The third-order valence-corrected chi connectivity index (χ3v) is 5.11. The first kappa shape index (κ1) is 15.4. The van der Waals surface area contributed by atoms with Gasteiger partial charge in [-0.15, -0.1) is 11.8 Å². The summed E-state index contributed by atoms with van der Waals surface area (Å²) in [5.41, 5.74) is 0.946. The van der Waals surface area contributed by atoms with Crippen LogP contribution >= 0.6 is 11.8 Å². The second-order valence-corrected chi connectivity index (χ2v) is 6.41. The van der Waals surface area contributed by atoms with Crippen LogP contribution in [-0.4, -0.2) is 25.3 Å².